The van der Waals surface area contributed by atoms with E-state index < -0.39 is 11.8 Å². The number of rotatable bonds is 2. The third kappa shape index (κ3) is 1.32. The van der Waals surface area contributed by atoms with Crippen molar-refractivity contribution in [3.05, 3.63) is 29.7 Å². The van der Waals surface area contributed by atoms with Crippen molar-refractivity contribution in [1.29, 1.82) is 0 Å². The number of aromatic carboxylic acids is 1. The van der Waals surface area contributed by atoms with Crippen LogP contribution in [-0.4, -0.2) is 22.8 Å². The van der Waals surface area contributed by atoms with Crippen LogP contribution in [0.25, 0.3) is 10.9 Å². The molecule has 1 heterocycles. The zero-order valence-corrected chi connectivity index (χ0v) is 8.82. The maximum absolute atomic E-state index is 13.6. The molecule has 4 nitrogen and oxygen atoms in total. The van der Waals surface area contributed by atoms with Gasteiger partial charge in [-0.3, -0.25) is 0 Å². The van der Waals surface area contributed by atoms with E-state index in [0.717, 1.165) is 0 Å². The van der Waals surface area contributed by atoms with Crippen molar-refractivity contribution in [1.82, 2.24) is 4.57 Å². The lowest BCUT2D eigenvalue weighted by Gasteiger charge is -2.03. The summed E-state index contributed by atoms with van der Waals surface area (Å²) in [5.74, 6) is -1.11. The van der Waals surface area contributed by atoms with Gasteiger partial charge in [0.15, 0.2) is 0 Å². The Morgan fingerprint density at radius 3 is 2.75 bits per heavy atom. The second-order valence-corrected chi connectivity index (χ2v) is 3.41. The number of carboxylic acids is 1. The average molecular weight is 223 g/mol. The number of carboxylic acid groups (broad SMARTS) is 1. The number of methoxy groups -OCH3 is 1. The van der Waals surface area contributed by atoms with E-state index in [1.165, 1.54) is 36.9 Å². The fourth-order valence-electron chi connectivity index (χ4n) is 1.78. The predicted molar refractivity (Wildman–Crippen MR) is 56.4 cm³/mol. The molecule has 2 rings (SSSR count). The minimum Gasteiger partial charge on any atom is -0.496 e. The molecule has 0 aliphatic carbocycles. The maximum atomic E-state index is 13.6. The molecule has 1 aromatic heterocycles. The molecule has 0 unspecified atom stereocenters. The maximum Gasteiger partial charge on any atom is 0.352 e. The van der Waals surface area contributed by atoms with Crippen molar-refractivity contribution in [2.75, 3.05) is 7.11 Å². The zero-order chi connectivity index (χ0) is 11.9. The minimum atomic E-state index is -1.10. The lowest BCUT2D eigenvalue weighted by atomic mass is 10.2. The molecule has 0 aliphatic rings. The molecule has 1 N–H and O–H groups in total. The summed E-state index contributed by atoms with van der Waals surface area (Å²) in [6.45, 7) is 0. The highest BCUT2D eigenvalue weighted by Gasteiger charge is 2.17. The summed E-state index contributed by atoms with van der Waals surface area (Å²) in [4.78, 5) is 10.9. The van der Waals surface area contributed by atoms with Crippen molar-refractivity contribution < 1.29 is 19.0 Å². The molecule has 0 saturated carbocycles. The standard InChI is InChI=1S/C11H10FNO3/c1-13-8(11(14)15)5-6-9(16-2)4-3-7(12)10(6)13/h3-5H,1-2H3,(H,14,15). The highest BCUT2D eigenvalue weighted by molar-refractivity contribution is 5.97. The number of ether oxygens (including phenoxy) is 1. The lowest BCUT2D eigenvalue weighted by Crippen LogP contribution is -2.04. The molecule has 84 valence electrons. The summed E-state index contributed by atoms with van der Waals surface area (Å²) in [6.07, 6.45) is 0. The topological polar surface area (TPSA) is 51.5 Å². The Hall–Kier alpha value is -2.04. The first-order valence-electron chi connectivity index (χ1n) is 4.61. The Morgan fingerprint density at radius 1 is 1.50 bits per heavy atom. The van der Waals surface area contributed by atoms with Crippen LogP contribution in [0.4, 0.5) is 4.39 Å². The molecule has 0 bridgehead atoms. The lowest BCUT2D eigenvalue weighted by molar-refractivity contribution is 0.0687. The molecular weight excluding hydrogens is 213 g/mol. The van der Waals surface area contributed by atoms with Gasteiger partial charge in [0.1, 0.15) is 17.3 Å². The Morgan fingerprint density at radius 2 is 2.19 bits per heavy atom. The summed E-state index contributed by atoms with van der Waals surface area (Å²) in [7, 11) is 2.97. The summed E-state index contributed by atoms with van der Waals surface area (Å²) in [5.41, 5.74) is 0.259. The molecule has 5 heteroatoms. The van der Waals surface area contributed by atoms with Gasteiger partial charge >= 0.3 is 5.97 Å². The number of aryl methyl sites for hydroxylation is 1. The predicted octanol–water partition coefficient (Wildman–Crippen LogP) is 2.02. The second kappa shape index (κ2) is 3.52. The quantitative estimate of drug-likeness (QED) is 0.847. The molecular formula is C11H10FNO3. The van der Waals surface area contributed by atoms with Gasteiger partial charge in [-0.15, -0.1) is 0 Å². The first-order chi connectivity index (χ1) is 7.56. The van der Waals surface area contributed by atoms with Crippen LogP contribution in [0, 0.1) is 5.82 Å². The number of aromatic nitrogens is 1. The number of fused-ring (bicyclic) bond motifs is 1. The summed E-state index contributed by atoms with van der Waals surface area (Å²) >= 11 is 0. The molecule has 0 saturated heterocycles. The fraction of sp³-hybridized carbons (Fsp3) is 0.182. The van der Waals surface area contributed by atoms with Crippen molar-refractivity contribution in [3.63, 3.8) is 0 Å². The molecule has 16 heavy (non-hydrogen) atoms. The number of hydrogen-bond donors (Lipinski definition) is 1. The first kappa shape index (κ1) is 10.5. The van der Waals surface area contributed by atoms with Crippen LogP contribution in [0.2, 0.25) is 0 Å². The van der Waals surface area contributed by atoms with E-state index in [4.69, 9.17) is 9.84 Å². The summed E-state index contributed by atoms with van der Waals surface area (Å²) < 4.78 is 19.9. The van der Waals surface area contributed by atoms with Crippen LogP contribution in [0.15, 0.2) is 18.2 Å². The van der Waals surface area contributed by atoms with E-state index in [9.17, 15) is 9.18 Å². The molecule has 1 aromatic carbocycles. The summed E-state index contributed by atoms with van der Waals surface area (Å²) in [5, 5.41) is 9.40. The van der Waals surface area contributed by atoms with Gasteiger partial charge in [-0.25, -0.2) is 9.18 Å². The number of carbonyl (C=O) groups is 1. The van der Waals surface area contributed by atoms with E-state index in [0.29, 0.717) is 11.1 Å². The number of benzene rings is 1. The van der Waals surface area contributed by atoms with Crippen molar-refractivity contribution in [2.45, 2.75) is 0 Å². The van der Waals surface area contributed by atoms with E-state index in [1.807, 2.05) is 0 Å². The van der Waals surface area contributed by atoms with Gasteiger partial charge in [-0.1, -0.05) is 0 Å². The smallest absolute Gasteiger partial charge is 0.352 e. The van der Waals surface area contributed by atoms with E-state index in [-0.39, 0.29) is 11.2 Å². The minimum absolute atomic E-state index is 0.0263. The number of hydrogen-bond acceptors (Lipinski definition) is 2. The largest absolute Gasteiger partial charge is 0.496 e. The van der Waals surface area contributed by atoms with Crippen LogP contribution < -0.4 is 4.74 Å². The Bertz CT molecular complexity index is 574. The molecule has 0 fully saturated rings. The number of nitrogens with zero attached hydrogens (tertiary/aromatic N) is 1. The van der Waals surface area contributed by atoms with Crippen LogP contribution in [0.3, 0.4) is 0 Å². The van der Waals surface area contributed by atoms with Gasteiger partial charge in [0.05, 0.1) is 12.6 Å². The molecule has 0 amide bonds. The summed E-state index contributed by atoms with van der Waals surface area (Å²) in [6, 6.07) is 4.13. The van der Waals surface area contributed by atoms with Gasteiger partial charge in [0, 0.05) is 12.4 Å². The molecule has 2 aromatic rings. The van der Waals surface area contributed by atoms with E-state index in [1.54, 1.807) is 0 Å². The third-order valence-electron chi connectivity index (χ3n) is 2.54. The van der Waals surface area contributed by atoms with Crippen molar-refractivity contribution in [3.8, 4) is 5.75 Å². The highest BCUT2D eigenvalue weighted by Crippen LogP contribution is 2.30. The van der Waals surface area contributed by atoms with Crippen molar-refractivity contribution in [2.24, 2.45) is 7.05 Å². The average Bonchev–Trinajstić information content (AvgIpc) is 2.58. The van der Waals surface area contributed by atoms with E-state index >= 15 is 0 Å². The third-order valence-corrected chi connectivity index (χ3v) is 2.54. The first-order valence-corrected chi connectivity index (χ1v) is 4.61. The van der Waals surface area contributed by atoms with Crippen LogP contribution in [-0.2, 0) is 7.05 Å². The van der Waals surface area contributed by atoms with Crippen LogP contribution in [0.1, 0.15) is 10.5 Å². The monoisotopic (exact) mass is 223 g/mol. The molecule has 0 spiro atoms. The van der Waals surface area contributed by atoms with Crippen LogP contribution in [0.5, 0.6) is 5.75 Å². The zero-order valence-electron chi connectivity index (χ0n) is 8.82. The highest BCUT2D eigenvalue weighted by atomic mass is 19.1. The van der Waals surface area contributed by atoms with Gasteiger partial charge in [0.2, 0.25) is 0 Å². The van der Waals surface area contributed by atoms with Crippen molar-refractivity contribution >= 4 is 16.9 Å². The molecule has 0 aliphatic heterocycles. The van der Waals surface area contributed by atoms with Gasteiger partial charge < -0.3 is 14.4 Å². The Balaban J connectivity index is 2.89. The van der Waals surface area contributed by atoms with Crippen LogP contribution >= 0.6 is 0 Å². The SMILES string of the molecule is COc1ccc(F)c2c1cc(C(=O)O)n2C. The fourth-order valence-corrected chi connectivity index (χ4v) is 1.78. The normalized spacial score (nSPS) is 10.7. The number of halogens is 1. The molecule has 0 atom stereocenters. The van der Waals surface area contributed by atoms with E-state index in [2.05, 4.69) is 0 Å². The Labute approximate surface area is 90.9 Å². The Kier molecular flexibility index (Phi) is 2.30. The van der Waals surface area contributed by atoms with Gasteiger partial charge in [0.25, 0.3) is 0 Å². The molecule has 0 radical (unpaired) electrons. The van der Waals surface area contributed by atoms with Gasteiger partial charge in [-0.05, 0) is 18.2 Å². The second-order valence-electron chi connectivity index (χ2n) is 3.41. The van der Waals surface area contributed by atoms with Gasteiger partial charge in [-0.2, -0.15) is 0 Å².